The number of aromatic amines is 1. The van der Waals surface area contributed by atoms with E-state index in [1.54, 1.807) is 13.2 Å². The Morgan fingerprint density at radius 2 is 2.00 bits per heavy atom. The Kier molecular flexibility index (Phi) is 7.34. The summed E-state index contributed by atoms with van der Waals surface area (Å²) < 4.78 is 5.48. The first-order chi connectivity index (χ1) is 17.6. The van der Waals surface area contributed by atoms with Crippen molar-refractivity contribution < 1.29 is 9.53 Å². The number of rotatable bonds is 9. The van der Waals surface area contributed by atoms with Gasteiger partial charge in [0.05, 0.1) is 16.9 Å². The van der Waals surface area contributed by atoms with E-state index in [-0.39, 0.29) is 12.5 Å². The first kappa shape index (κ1) is 24.1. The van der Waals surface area contributed by atoms with E-state index >= 15 is 0 Å². The minimum Gasteiger partial charge on any atom is -0.484 e. The van der Waals surface area contributed by atoms with Crippen LogP contribution in [0.5, 0.6) is 5.75 Å². The van der Waals surface area contributed by atoms with Crippen molar-refractivity contribution in [3.8, 4) is 17.1 Å². The number of carbonyl (C=O) groups is 1. The fourth-order valence-electron chi connectivity index (χ4n) is 4.42. The number of likely N-dealkylation sites (N-methyl/N-ethyl adjacent to an activating group) is 1. The molecule has 36 heavy (non-hydrogen) atoms. The van der Waals surface area contributed by atoms with Crippen molar-refractivity contribution >= 4 is 34.4 Å². The molecular weight excluding hydrogens is 476 g/mol. The van der Waals surface area contributed by atoms with Crippen LogP contribution in [0, 0.1) is 0 Å². The van der Waals surface area contributed by atoms with Crippen molar-refractivity contribution in [2.45, 2.75) is 18.9 Å². The maximum absolute atomic E-state index is 11.4. The molecule has 3 N–H and O–H groups in total. The molecule has 2 aromatic heterocycles. The number of halogens is 1. The summed E-state index contributed by atoms with van der Waals surface area (Å²) in [4.78, 5) is 26.4. The van der Waals surface area contributed by atoms with E-state index in [9.17, 15) is 4.79 Å². The second kappa shape index (κ2) is 11.0. The number of aromatic nitrogens is 3. The van der Waals surface area contributed by atoms with E-state index in [1.165, 1.54) is 5.56 Å². The summed E-state index contributed by atoms with van der Waals surface area (Å²) in [5.74, 6) is 1.12. The van der Waals surface area contributed by atoms with Gasteiger partial charge in [0, 0.05) is 38.3 Å². The molecule has 1 unspecified atom stereocenters. The molecule has 1 fully saturated rings. The summed E-state index contributed by atoms with van der Waals surface area (Å²) >= 11 is 6.57. The fraction of sp³-hybridized carbons (Fsp3) is 0.296. The van der Waals surface area contributed by atoms with Gasteiger partial charge < -0.3 is 25.3 Å². The van der Waals surface area contributed by atoms with Crippen LogP contribution in [0.4, 0.5) is 5.69 Å². The molecule has 1 atom stereocenters. The second-order valence-corrected chi connectivity index (χ2v) is 9.32. The molecule has 1 aliphatic rings. The molecule has 1 saturated heterocycles. The number of nitrogens with one attached hydrogen (secondary N) is 3. The van der Waals surface area contributed by atoms with Gasteiger partial charge in [-0.2, -0.15) is 0 Å². The summed E-state index contributed by atoms with van der Waals surface area (Å²) in [5.41, 5.74) is 4.46. The molecule has 5 rings (SSSR count). The van der Waals surface area contributed by atoms with Gasteiger partial charge in [0.1, 0.15) is 17.1 Å². The number of anilines is 1. The topological polar surface area (TPSA) is 95.2 Å². The summed E-state index contributed by atoms with van der Waals surface area (Å²) in [6.07, 6.45) is 3.75. The molecule has 0 spiro atoms. The molecule has 1 amide bonds. The van der Waals surface area contributed by atoms with Gasteiger partial charge in [-0.3, -0.25) is 4.79 Å². The highest BCUT2D eigenvalue weighted by Crippen LogP contribution is 2.32. The minimum absolute atomic E-state index is 0.0250. The monoisotopic (exact) mass is 504 g/mol. The van der Waals surface area contributed by atoms with Crippen molar-refractivity contribution in [3.63, 3.8) is 0 Å². The van der Waals surface area contributed by atoms with Gasteiger partial charge in [0.15, 0.2) is 12.3 Å². The number of H-pyrrole nitrogens is 1. The molecule has 3 heterocycles. The van der Waals surface area contributed by atoms with Gasteiger partial charge >= 0.3 is 0 Å². The number of carbonyl (C=O) groups excluding carboxylic acids is 1. The first-order valence-electron chi connectivity index (χ1n) is 12.1. The largest absolute Gasteiger partial charge is 0.484 e. The summed E-state index contributed by atoms with van der Waals surface area (Å²) in [6.45, 7) is 3.03. The third-order valence-electron chi connectivity index (χ3n) is 6.42. The lowest BCUT2D eigenvalue weighted by Gasteiger charge is -2.18. The molecule has 0 saturated carbocycles. The lowest BCUT2D eigenvalue weighted by Crippen LogP contribution is -2.28. The Morgan fingerprint density at radius 1 is 1.19 bits per heavy atom. The average molecular weight is 505 g/mol. The van der Waals surface area contributed by atoms with Crippen LogP contribution >= 0.6 is 11.6 Å². The van der Waals surface area contributed by atoms with Gasteiger partial charge in [0.2, 0.25) is 0 Å². The molecule has 8 nitrogen and oxygen atoms in total. The highest BCUT2D eigenvalue weighted by molar-refractivity contribution is 6.34. The number of fused-ring (bicyclic) bond motifs is 1. The third kappa shape index (κ3) is 5.61. The average Bonchev–Trinajstić information content (AvgIpc) is 3.56. The van der Waals surface area contributed by atoms with Gasteiger partial charge in [-0.05, 0) is 42.7 Å². The van der Waals surface area contributed by atoms with Crippen LogP contribution in [0.25, 0.3) is 22.6 Å². The number of benzene rings is 2. The highest BCUT2D eigenvalue weighted by atomic mass is 35.5. The maximum Gasteiger partial charge on any atom is 0.257 e. The number of pyridine rings is 1. The summed E-state index contributed by atoms with van der Waals surface area (Å²) in [5, 5.41) is 6.72. The predicted octanol–water partition coefficient (Wildman–Crippen LogP) is 4.13. The molecule has 4 aromatic rings. The zero-order valence-corrected chi connectivity index (χ0v) is 20.9. The molecule has 0 aliphatic carbocycles. The molecule has 1 aliphatic heterocycles. The van der Waals surface area contributed by atoms with Crippen molar-refractivity contribution in [1.82, 2.24) is 25.2 Å². The van der Waals surface area contributed by atoms with Gasteiger partial charge in [0.25, 0.3) is 5.91 Å². The van der Waals surface area contributed by atoms with Crippen LogP contribution in [-0.2, 0) is 11.2 Å². The molecule has 186 valence electrons. The lowest BCUT2D eigenvalue weighted by atomic mass is 10.1. The zero-order valence-electron chi connectivity index (χ0n) is 20.1. The van der Waals surface area contributed by atoms with E-state index < -0.39 is 0 Å². The Hall–Kier alpha value is -3.62. The molecular formula is C27H29ClN6O2. The molecule has 2 aromatic carbocycles. The van der Waals surface area contributed by atoms with Crippen molar-refractivity contribution in [2.24, 2.45) is 0 Å². The van der Waals surface area contributed by atoms with E-state index in [4.69, 9.17) is 21.3 Å². The SMILES string of the molecule is CNC(=O)COc1ccc(-c2nc3c(NC4CCN(CCc5ccccc5)C4)c(Cl)cnc3[nH]2)cc1. The highest BCUT2D eigenvalue weighted by Gasteiger charge is 2.24. The number of amides is 1. The van der Waals surface area contributed by atoms with E-state index in [1.807, 2.05) is 24.3 Å². The van der Waals surface area contributed by atoms with Crippen molar-refractivity contribution in [2.75, 3.05) is 38.6 Å². The lowest BCUT2D eigenvalue weighted by molar-refractivity contribution is -0.122. The quantitative estimate of drug-likeness (QED) is 0.317. The number of hydrogen-bond donors (Lipinski definition) is 3. The standard InChI is InChI=1S/C27H29ClN6O2/c1-29-23(35)17-36-21-9-7-19(8-10-21)26-32-25-24(22(28)15-30-27(25)33-26)31-20-12-14-34(16-20)13-11-18-5-3-2-4-6-18/h2-10,15,20H,11-14,16-17H2,1H3,(H,29,35)(H2,30,31,32,33). The van der Waals surface area contributed by atoms with Crippen LogP contribution < -0.4 is 15.4 Å². The van der Waals surface area contributed by atoms with Gasteiger partial charge in [-0.15, -0.1) is 0 Å². The Morgan fingerprint density at radius 3 is 2.78 bits per heavy atom. The molecule has 9 heteroatoms. The van der Waals surface area contributed by atoms with Crippen LogP contribution in [0.2, 0.25) is 5.02 Å². The third-order valence-corrected chi connectivity index (χ3v) is 6.71. The van der Waals surface area contributed by atoms with Gasteiger partial charge in [-0.25, -0.2) is 9.97 Å². The Bertz CT molecular complexity index is 1330. The van der Waals surface area contributed by atoms with Crippen molar-refractivity contribution in [3.05, 3.63) is 71.4 Å². The smallest absolute Gasteiger partial charge is 0.257 e. The van der Waals surface area contributed by atoms with Crippen LogP contribution in [-0.4, -0.2) is 65.1 Å². The number of likely N-dealkylation sites (tertiary alicyclic amines) is 1. The molecule has 0 radical (unpaired) electrons. The number of hydrogen-bond acceptors (Lipinski definition) is 6. The number of nitrogens with zero attached hydrogens (tertiary/aromatic N) is 3. The first-order valence-corrected chi connectivity index (χ1v) is 12.5. The van der Waals surface area contributed by atoms with Crippen LogP contribution in [0.15, 0.2) is 60.8 Å². The van der Waals surface area contributed by atoms with Crippen molar-refractivity contribution in [1.29, 1.82) is 0 Å². The maximum atomic E-state index is 11.4. The van der Waals surface area contributed by atoms with E-state index in [0.717, 1.165) is 49.2 Å². The van der Waals surface area contributed by atoms with Gasteiger partial charge in [-0.1, -0.05) is 41.9 Å². The number of imidazole rings is 1. The van der Waals surface area contributed by atoms with Crippen LogP contribution in [0.1, 0.15) is 12.0 Å². The minimum atomic E-state index is -0.180. The second-order valence-electron chi connectivity index (χ2n) is 8.92. The summed E-state index contributed by atoms with van der Waals surface area (Å²) in [6, 6.07) is 18.3. The normalized spacial score (nSPS) is 15.8. The number of ether oxygens (including phenoxy) is 1. The van der Waals surface area contributed by atoms with Crippen LogP contribution in [0.3, 0.4) is 0 Å². The Balaban J connectivity index is 1.26. The predicted molar refractivity (Wildman–Crippen MR) is 143 cm³/mol. The summed E-state index contributed by atoms with van der Waals surface area (Å²) in [7, 11) is 1.58. The zero-order chi connectivity index (χ0) is 24.9. The van der Waals surface area contributed by atoms with E-state index in [0.29, 0.717) is 28.3 Å². The fourth-order valence-corrected chi connectivity index (χ4v) is 4.62. The van der Waals surface area contributed by atoms with E-state index in [2.05, 4.69) is 55.8 Å². The molecule has 0 bridgehead atoms. The Labute approximate surface area is 215 Å².